The summed E-state index contributed by atoms with van der Waals surface area (Å²) in [7, 11) is 0. The van der Waals surface area contributed by atoms with Crippen LogP contribution in [0.4, 0.5) is 0 Å². The van der Waals surface area contributed by atoms with Gasteiger partial charge in [0.25, 0.3) is 0 Å². The second kappa shape index (κ2) is 6.57. The number of aryl methyl sites for hydroxylation is 2. The lowest BCUT2D eigenvalue weighted by Gasteiger charge is -2.12. The smallest absolute Gasteiger partial charge is 0.322 e. The zero-order chi connectivity index (χ0) is 14.5. The zero-order valence-corrected chi connectivity index (χ0v) is 12.2. The first-order chi connectivity index (χ1) is 9.65. The fourth-order valence-corrected chi connectivity index (χ4v) is 2.32. The lowest BCUT2D eigenvalue weighted by Crippen LogP contribution is -2.28. The summed E-state index contributed by atoms with van der Waals surface area (Å²) in [6.45, 7) is 5.46. The van der Waals surface area contributed by atoms with Crippen molar-refractivity contribution in [2.75, 3.05) is 0 Å². The quantitative estimate of drug-likeness (QED) is 0.878. The van der Waals surface area contributed by atoms with E-state index in [-0.39, 0.29) is 11.7 Å². The molecule has 1 aromatic heterocycles. The maximum Gasteiger partial charge on any atom is 0.328 e. The first-order valence-corrected chi connectivity index (χ1v) is 7.25. The maximum atomic E-state index is 12.1. The highest BCUT2D eigenvalue weighted by atomic mass is 16.1. The van der Waals surface area contributed by atoms with Crippen LogP contribution in [0.2, 0.25) is 0 Å². The van der Waals surface area contributed by atoms with E-state index in [1.807, 2.05) is 12.4 Å². The Hall–Kier alpha value is -1.81. The molecule has 2 aromatic rings. The van der Waals surface area contributed by atoms with Crippen molar-refractivity contribution in [3.05, 3.63) is 58.3 Å². The Bertz CT molecular complexity index is 595. The molecule has 0 fully saturated rings. The van der Waals surface area contributed by atoms with Crippen molar-refractivity contribution in [3.8, 4) is 0 Å². The molecule has 0 spiro atoms. The zero-order valence-electron chi connectivity index (χ0n) is 12.2. The number of rotatable bonds is 6. The summed E-state index contributed by atoms with van der Waals surface area (Å²) in [6.07, 6.45) is 5.63. The average molecular weight is 273 g/mol. The standard InChI is InChI=1S/C16H23N3O/c1-3-9-18-10-11-19(16(18)20)12-15(17)14-7-5-13(4-2)6-8-14/h5-8,10-11,15H,3-4,9,12,17H2,1-2H3. The van der Waals surface area contributed by atoms with Crippen molar-refractivity contribution >= 4 is 0 Å². The molecule has 108 valence electrons. The van der Waals surface area contributed by atoms with Gasteiger partial charge in [-0.3, -0.25) is 9.13 Å². The third-order valence-electron chi connectivity index (χ3n) is 3.59. The molecule has 0 aliphatic heterocycles. The Morgan fingerprint density at radius 2 is 1.75 bits per heavy atom. The summed E-state index contributed by atoms with van der Waals surface area (Å²) < 4.78 is 3.42. The number of hydrogen-bond donors (Lipinski definition) is 1. The van der Waals surface area contributed by atoms with E-state index in [1.165, 1.54) is 5.56 Å². The van der Waals surface area contributed by atoms with Gasteiger partial charge in [0.2, 0.25) is 0 Å². The van der Waals surface area contributed by atoms with E-state index in [4.69, 9.17) is 5.73 Å². The SMILES string of the molecule is CCCn1ccn(CC(N)c2ccc(CC)cc2)c1=O. The molecule has 1 aromatic carbocycles. The molecule has 0 bridgehead atoms. The predicted octanol–water partition coefficient (Wildman–Crippen LogP) is 2.32. The molecule has 0 aliphatic carbocycles. The summed E-state index contributed by atoms with van der Waals surface area (Å²) in [5, 5.41) is 0. The van der Waals surface area contributed by atoms with Crippen molar-refractivity contribution in [2.24, 2.45) is 5.73 Å². The first kappa shape index (κ1) is 14.6. The van der Waals surface area contributed by atoms with Crippen molar-refractivity contribution < 1.29 is 0 Å². The van der Waals surface area contributed by atoms with Crippen LogP contribution in [0.1, 0.15) is 37.4 Å². The van der Waals surface area contributed by atoms with Gasteiger partial charge >= 0.3 is 5.69 Å². The molecule has 0 aliphatic rings. The number of aromatic nitrogens is 2. The largest absolute Gasteiger partial charge is 0.328 e. The number of nitrogens with two attached hydrogens (primary N) is 1. The summed E-state index contributed by atoms with van der Waals surface area (Å²) in [5.74, 6) is 0. The Morgan fingerprint density at radius 1 is 1.10 bits per heavy atom. The van der Waals surface area contributed by atoms with Crippen LogP contribution in [0.3, 0.4) is 0 Å². The highest BCUT2D eigenvalue weighted by molar-refractivity contribution is 5.24. The molecule has 0 radical (unpaired) electrons. The maximum absolute atomic E-state index is 12.1. The van der Waals surface area contributed by atoms with Gasteiger partial charge in [-0.05, 0) is 24.0 Å². The lowest BCUT2D eigenvalue weighted by molar-refractivity contribution is 0.541. The third-order valence-corrected chi connectivity index (χ3v) is 3.59. The van der Waals surface area contributed by atoms with Crippen molar-refractivity contribution in [1.82, 2.24) is 9.13 Å². The number of imidazole rings is 1. The minimum atomic E-state index is -0.156. The average Bonchev–Trinajstić information content (AvgIpc) is 2.81. The van der Waals surface area contributed by atoms with Crippen LogP contribution in [0.5, 0.6) is 0 Å². The van der Waals surface area contributed by atoms with Crippen LogP contribution in [-0.2, 0) is 19.5 Å². The molecular formula is C16H23N3O. The van der Waals surface area contributed by atoms with Gasteiger partial charge < -0.3 is 5.73 Å². The molecule has 0 saturated carbocycles. The molecule has 4 nitrogen and oxygen atoms in total. The minimum absolute atomic E-state index is 0.0208. The van der Waals surface area contributed by atoms with Gasteiger partial charge in [0, 0.05) is 31.5 Å². The van der Waals surface area contributed by atoms with Gasteiger partial charge in [-0.15, -0.1) is 0 Å². The Kier molecular flexibility index (Phi) is 4.79. The summed E-state index contributed by atoms with van der Waals surface area (Å²) in [6, 6.07) is 8.14. The van der Waals surface area contributed by atoms with Crippen molar-refractivity contribution in [1.29, 1.82) is 0 Å². The first-order valence-electron chi connectivity index (χ1n) is 7.25. The minimum Gasteiger partial charge on any atom is -0.322 e. The normalized spacial score (nSPS) is 12.6. The second-order valence-electron chi connectivity index (χ2n) is 5.13. The fourth-order valence-electron chi connectivity index (χ4n) is 2.32. The molecule has 2 rings (SSSR count). The van der Waals surface area contributed by atoms with Crippen LogP contribution in [0, 0.1) is 0 Å². The van der Waals surface area contributed by atoms with E-state index >= 15 is 0 Å². The molecule has 20 heavy (non-hydrogen) atoms. The molecular weight excluding hydrogens is 250 g/mol. The molecule has 0 saturated heterocycles. The van der Waals surface area contributed by atoms with E-state index in [2.05, 4.69) is 38.1 Å². The Balaban J connectivity index is 2.10. The molecule has 1 atom stereocenters. The van der Waals surface area contributed by atoms with Gasteiger partial charge in [0.1, 0.15) is 0 Å². The monoisotopic (exact) mass is 273 g/mol. The van der Waals surface area contributed by atoms with Crippen molar-refractivity contribution in [2.45, 2.75) is 45.8 Å². The van der Waals surface area contributed by atoms with Crippen LogP contribution in [0.25, 0.3) is 0 Å². The summed E-state index contributed by atoms with van der Waals surface area (Å²) in [4.78, 5) is 12.1. The highest BCUT2D eigenvalue weighted by Crippen LogP contribution is 2.13. The van der Waals surface area contributed by atoms with Gasteiger partial charge in [-0.1, -0.05) is 38.1 Å². The molecule has 1 heterocycles. The van der Waals surface area contributed by atoms with E-state index in [9.17, 15) is 4.79 Å². The number of hydrogen-bond acceptors (Lipinski definition) is 2. The molecule has 2 N–H and O–H groups in total. The topological polar surface area (TPSA) is 52.9 Å². The van der Waals surface area contributed by atoms with E-state index in [1.54, 1.807) is 9.13 Å². The van der Waals surface area contributed by atoms with Gasteiger partial charge in [0.05, 0.1) is 0 Å². The fraction of sp³-hybridized carbons (Fsp3) is 0.438. The van der Waals surface area contributed by atoms with Crippen LogP contribution >= 0.6 is 0 Å². The van der Waals surface area contributed by atoms with E-state index in [0.717, 1.165) is 24.9 Å². The second-order valence-corrected chi connectivity index (χ2v) is 5.13. The lowest BCUT2D eigenvalue weighted by atomic mass is 10.0. The van der Waals surface area contributed by atoms with Gasteiger partial charge in [-0.2, -0.15) is 0 Å². The van der Waals surface area contributed by atoms with Crippen LogP contribution < -0.4 is 11.4 Å². The van der Waals surface area contributed by atoms with E-state index < -0.39 is 0 Å². The third kappa shape index (κ3) is 3.20. The van der Waals surface area contributed by atoms with Crippen molar-refractivity contribution in [3.63, 3.8) is 0 Å². The molecule has 0 amide bonds. The van der Waals surface area contributed by atoms with E-state index in [0.29, 0.717) is 6.54 Å². The highest BCUT2D eigenvalue weighted by Gasteiger charge is 2.10. The van der Waals surface area contributed by atoms with Gasteiger partial charge in [-0.25, -0.2) is 4.79 Å². The van der Waals surface area contributed by atoms with Gasteiger partial charge in [0.15, 0.2) is 0 Å². The predicted molar refractivity (Wildman–Crippen MR) is 81.7 cm³/mol. The van der Waals surface area contributed by atoms with Crippen LogP contribution in [0.15, 0.2) is 41.5 Å². The van der Waals surface area contributed by atoms with Crippen LogP contribution in [-0.4, -0.2) is 9.13 Å². The summed E-state index contributed by atoms with van der Waals surface area (Å²) >= 11 is 0. The summed E-state index contributed by atoms with van der Waals surface area (Å²) in [5.41, 5.74) is 8.59. The molecule has 1 unspecified atom stereocenters. The number of nitrogens with zero attached hydrogens (tertiary/aromatic N) is 2. The molecule has 4 heteroatoms. The Morgan fingerprint density at radius 3 is 2.35 bits per heavy atom. The number of benzene rings is 1. The Labute approximate surface area is 119 Å².